The van der Waals surface area contributed by atoms with E-state index in [0.29, 0.717) is 6.04 Å². The van der Waals surface area contributed by atoms with Gasteiger partial charge in [-0.3, -0.25) is 4.90 Å². The minimum absolute atomic E-state index is 0.160. The molecule has 2 rings (SSSR count). The summed E-state index contributed by atoms with van der Waals surface area (Å²) in [7, 11) is 0. The van der Waals surface area contributed by atoms with Crippen LogP contribution in [0.4, 0.5) is 0 Å². The van der Waals surface area contributed by atoms with Crippen molar-refractivity contribution in [3.63, 3.8) is 0 Å². The van der Waals surface area contributed by atoms with Gasteiger partial charge in [-0.2, -0.15) is 0 Å². The Balaban J connectivity index is 2.01. The molecule has 18 heavy (non-hydrogen) atoms. The van der Waals surface area contributed by atoms with E-state index in [-0.39, 0.29) is 5.84 Å². The fourth-order valence-electron chi connectivity index (χ4n) is 2.47. The van der Waals surface area contributed by atoms with Crippen LogP contribution in [0.3, 0.4) is 0 Å². The third-order valence-corrected chi connectivity index (χ3v) is 3.68. The maximum absolute atomic E-state index is 8.61. The Bertz CT molecular complexity index is 414. The lowest BCUT2D eigenvalue weighted by molar-refractivity contribution is 0.152. The minimum atomic E-state index is 0.160. The second-order valence-corrected chi connectivity index (χ2v) is 5.00. The smallest absolute Gasteiger partial charge is 0.170 e. The van der Waals surface area contributed by atoms with E-state index in [4.69, 9.17) is 10.9 Å². The normalized spacial score (nSPS) is 22.1. The van der Waals surface area contributed by atoms with Gasteiger partial charge < -0.3 is 10.9 Å². The van der Waals surface area contributed by atoms with E-state index < -0.39 is 0 Å². The molecule has 1 aromatic rings. The Kier molecular flexibility index (Phi) is 4.20. The van der Waals surface area contributed by atoms with Gasteiger partial charge in [-0.1, -0.05) is 35.8 Å². The van der Waals surface area contributed by atoms with Gasteiger partial charge in [0, 0.05) is 18.2 Å². The molecule has 0 bridgehead atoms. The number of amidine groups is 1. The second kappa shape index (κ2) is 5.87. The van der Waals surface area contributed by atoms with Crippen molar-refractivity contribution in [1.29, 1.82) is 0 Å². The summed E-state index contributed by atoms with van der Waals surface area (Å²) in [5, 5.41) is 11.6. The van der Waals surface area contributed by atoms with Gasteiger partial charge in [-0.05, 0) is 31.9 Å². The topological polar surface area (TPSA) is 61.8 Å². The van der Waals surface area contributed by atoms with E-state index in [1.54, 1.807) is 0 Å². The van der Waals surface area contributed by atoms with Gasteiger partial charge in [0.2, 0.25) is 0 Å². The fourth-order valence-corrected chi connectivity index (χ4v) is 2.47. The molecule has 1 aromatic carbocycles. The molecule has 1 aliphatic heterocycles. The van der Waals surface area contributed by atoms with Gasteiger partial charge in [0.15, 0.2) is 5.84 Å². The summed E-state index contributed by atoms with van der Waals surface area (Å²) in [5.41, 5.74) is 7.57. The van der Waals surface area contributed by atoms with Gasteiger partial charge in [0.1, 0.15) is 0 Å². The van der Waals surface area contributed by atoms with Gasteiger partial charge in [-0.15, -0.1) is 0 Å². The molecule has 0 unspecified atom stereocenters. The highest BCUT2D eigenvalue weighted by atomic mass is 16.4. The summed E-state index contributed by atoms with van der Waals surface area (Å²) in [6.07, 6.45) is 3.94. The summed E-state index contributed by atoms with van der Waals surface area (Å²) in [4.78, 5) is 2.52. The van der Waals surface area contributed by atoms with Crippen LogP contribution in [-0.2, 0) is 6.54 Å². The molecule has 1 atom stereocenters. The average Bonchev–Trinajstić information content (AvgIpc) is 2.41. The quantitative estimate of drug-likeness (QED) is 0.372. The van der Waals surface area contributed by atoms with Crippen LogP contribution in [0, 0.1) is 0 Å². The highest BCUT2D eigenvalue weighted by Crippen LogP contribution is 2.19. The minimum Gasteiger partial charge on any atom is -0.409 e. The highest BCUT2D eigenvalue weighted by Gasteiger charge is 2.17. The van der Waals surface area contributed by atoms with Crippen LogP contribution in [0.15, 0.2) is 29.4 Å². The van der Waals surface area contributed by atoms with Crippen LogP contribution >= 0.6 is 0 Å². The van der Waals surface area contributed by atoms with Crippen molar-refractivity contribution in [1.82, 2.24) is 4.90 Å². The molecular weight excluding hydrogens is 226 g/mol. The molecule has 98 valence electrons. The van der Waals surface area contributed by atoms with Gasteiger partial charge in [-0.25, -0.2) is 0 Å². The van der Waals surface area contributed by atoms with Gasteiger partial charge >= 0.3 is 0 Å². The SMILES string of the molecule is C[C@H]1CCCCN1Cc1ccc(/C(N)=N\O)cc1. The van der Waals surface area contributed by atoms with E-state index >= 15 is 0 Å². The number of piperidine rings is 1. The van der Waals surface area contributed by atoms with Crippen LogP contribution in [0.1, 0.15) is 37.3 Å². The van der Waals surface area contributed by atoms with Gasteiger partial charge in [0.05, 0.1) is 0 Å². The molecule has 1 aliphatic rings. The van der Waals surface area contributed by atoms with Crippen LogP contribution < -0.4 is 5.73 Å². The molecule has 0 amide bonds. The summed E-state index contributed by atoms with van der Waals surface area (Å²) >= 11 is 0. The van der Waals surface area contributed by atoms with Crippen LogP contribution in [0.2, 0.25) is 0 Å². The molecule has 0 radical (unpaired) electrons. The Morgan fingerprint density at radius 3 is 2.72 bits per heavy atom. The predicted molar refractivity (Wildman–Crippen MR) is 72.7 cm³/mol. The number of hydrogen-bond donors (Lipinski definition) is 2. The van der Waals surface area contributed by atoms with Crippen molar-refractivity contribution in [2.45, 2.75) is 38.8 Å². The maximum Gasteiger partial charge on any atom is 0.170 e. The van der Waals surface area contributed by atoms with Crippen molar-refractivity contribution in [2.75, 3.05) is 6.54 Å². The standard InChI is InChI=1S/C14H21N3O/c1-11-4-2-3-9-17(11)10-12-5-7-13(8-6-12)14(15)16-18/h5-8,11,18H,2-4,9-10H2,1H3,(H2,15,16)/t11-/m0/s1. The van der Waals surface area contributed by atoms with E-state index in [1.165, 1.54) is 31.4 Å². The molecule has 4 heteroatoms. The highest BCUT2D eigenvalue weighted by molar-refractivity contribution is 5.96. The molecule has 4 nitrogen and oxygen atoms in total. The van der Waals surface area contributed by atoms with E-state index in [2.05, 4.69) is 29.1 Å². The molecule has 1 heterocycles. The third kappa shape index (κ3) is 3.01. The number of hydrogen-bond acceptors (Lipinski definition) is 3. The van der Waals surface area contributed by atoms with Crippen LogP contribution in [0.5, 0.6) is 0 Å². The van der Waals surface area contributed by atoms with Gasteiger partial charge in [0.25, 0.3) is 0 Å². The zero-order chi connectivity index (χ0) is 13.0. The number of likely N-dealkylation sites (tertiary alicyclic amines) is 1. The van der Waals surface area contributed by atoms with Crippen molar-refractivity contribution < 1.29 is 5.21 Å². The van der Waals surface area contributed by atoms with Crippen molar-refractivity contribution in [2.24, 2.45) is 10.9 Å². The third-order valence-electron chi connectivity index (χ3n) is 3.68. The second-order valence-electron chi connectivity index (χ2n) is 5.00. The number of nitrogens with two attached hydrogens (primary N) is 1. The van der Waals surface area contributed by atoms with Crippen LogP contribution in [0.25, 0.3) is 0 Å². The van der Waals surface area contributed by atoms with E-state index in [0.717, 1.165) is 12.1 Å². The zero-order valence-electron chi connectivity index (χ0n) is 10.8. The molecule has 0 saturated carbocycles. The summed E-state index contributed by atoms with van der Waals surface area (Å²) in [5.74, 6) is 0.160. The summed E-state index contributed by atoms with van der Waals surface area (Å²) in [6, 6.07) is 8.57. The first-order valence-electron chi connectivity index (χ1n) is 6.51. The first-order chi connectivity index (χ1) is 8.70. The molecule has 0 aromatic heterocycles. The van der Waals surface area contributed by atoms with Crippen molar-refractivity contribution in [3.05, 3.63) is 35.4 Å². The van der Waals surface area contributed by atoms with Crippen molar-refractivity contribution >= 4 is 5.84 Å². The zero-order valence-corrected chi connectivity index (χ0v) is 10.8. The monoisotopic (exact) mass is 247 g/mol. The van der Waals surface area contributed by atoms with Crippen molar-refractivity contribution in [3.8, 4) is 0 Å². The molecule has 1 fully saturated rings. The lowest BCUT2D eigenvalue weighted by Gasteiger charge is -2.33. The Hall–Kier alpha value is -1.55. The molecular formula is C14H21N3O. The summed E-state index contributed by atoms with van der Waals surface area (Å²) in [6.45, 7) is 4.46. The lowest BCUT2D eigenvalue weighted by Crippen LogP contribution is -2.36. The fraction of sp³-hybridized carbons (Fsp3) is 0.500. The van der Waals surface area contributed by atoms with Crippen LogP contribution in [-0.4, -0.2) is 28.5 Å². The lowest BCUT2D eigenvalue weighted by atomic mass is 10.0. The first kappa shape index (κ1) is 12.9. The molecule has 1 saturated heterocycles. The number of rotatable bonds is 3. The molecule has 0 aliphatic carbocycles. The Morgan fingerprint density at radius 2 is 2.11 bits per heavy atom. The predicted octanol–water partition coefficient (Wildman–Crippen LogP) is 2.16. The number of nitrogens with zero attached hydrogens (tertiary/aromatic N) is 2. The van der Waals surface area contributed by atoms with E-state index in [9.17, 15) is 0 Å². The Labute approximate surface area is 108 Å². The molecule has 3 N–H and O–H groups in total. The maximum atomic E-state index is 8.61. The number of oxime groups is 1. The first-order valence-corrected chi connectivity index (χ1v) is 6.51. The largest absolute Gasteiger partial charge is 0.409 e. The Morgan fingerprint density at radius 1 is 1.39 bits per heavy atom. The number of benzene rings is 1. The summed E-state index contributed by atoms with van der Waals surface area (Å²) < 4.78 is 0. The van der Waals surface area contributed by atoms with E-state index in [1.807, 2.05) is 12.1 Å². The average molecular weight is 247 g/mol. The molecule has 0 spiro atoms.